The van der Waals surface area contributed by atoms with Crippen LogP contribution in [0.1, 0.15) is 0 Å². The van der Waals surface area contributed by atoms with Gasteiger partial charge in [-0.3, -0.25) is 0 Å². The summed E-state index contributed by atoms with van der Waals surface area (Å²) in [5.74, 6) is -4.03. The summed E-state index contributed by atoms with van der Waals surface area (Å²) >= 11 is 0. The molecular formula is C8H4F3N3. The molecule has 6 heteroatoms. The van der Waals surface area contributed by atoms with Crippen molar-refractivity contribution in [3.8, 4) is 5.69 Å². The molecule has 0 atom stereocenters. The minimum Gasteiger partial charge on any atom is -0.218 e. The Morgan fingerprint density at radius 1 is 1.07 bits per heavy atom. The van der Waals surface area contributed by atoms with Gasteiger partial charge in [-0.05, 0) is 12.1 Å². The Bertz CT molecular complexity index is 453. The lowest BCUT2D eigenvalue weighted by molar-refractivity contribution is 0.442. The van der Waals surface area contributed by atoms with E-state index in [-0.39, 0.29) is 5.69 Å². The zero-order valence-electron chi connectivity index (χ0n) is 6.78. The van der Waals surface area contributed by atoms with Gasteiger partial charge in [0.15, 0.2) is 17.5 Å². The quantitative estimate of drug-likeness (QED) is 0.654. The van der Waals surface area contributed by atoms with Crippen molar-refractivity contribution < 1.29 is 13.2 Å². The van der Waals surface area contributed by atoms with Crippen LogP contribution in [0, 0.1) is 17.5 Å². The minimum atomic E-state index is -1.52. The summed E-state index contributed by atoms with van der Waals surface area (Å²) in [6, 6.07) is 1.91. The second-order valence-electron chi connectivity index (χ2n) is 2.54. The van der Waals surface area contributed by atoms with Gasteiger partial charge in [-0.15, -0.1) is 5.10 Å². The van der Waals surface area contributed by atoms with Crippen molar-refractivity contribution in [2.75, 3.05) is 0 Å². The van der Waals surface area contributed by atoms with Gasteiger partial charge in [0.25, 0.3) is 0 Å². The van der Waals surface area contributed by atoms with E-state index < -0.39 is 17.5 Å². The fourth-order valence-electron chi connectivity index (χ4n) is 1.03. The molecule has 1 heterocycles. The molecule has 0 aliphatic heterocycles. The van der Waals surface area contributed by atoms with E-state index in [9.17, 15) is 13.2 Å². The normalized spacial score (nSPS) is 10.5. The number of hydrogen-bond acceptors (Lipinski definition) is 2. The maximum atomic E-state index is 13.1. The van der Waals surface area contributed by atoms with Gasteiger partial charge in [0.1, 0.15) is 5.69 Å². The number of rotatable bonds is 1. The Morgan fingerprint density at radius 2 is 1.86 bits per heavy atom. The summed E-state index contributed by atoms with van der Waals surface area (Å²) in [6.07, 6.45) is 2.64. The lowest BCUT2D eigenvalue weighted by Gasteiger charge is -2.02. The Morgan fingerprint density at radius 3 is 2.50 bits per heavy atom. The van der Waals surface area contributed by atoms with E-state index in [1.807, 2.05) is 0 Å². The summed E-state index contributed by atoms with van der Waals surface area (Å²) in [5, 5.41) is 6.88. The Labute approximate surface area is 76.8 Å². The molecule has 0 fully saturated rings. The molecule has 0 aliphatic carbocycles. The predicted molar refractivity (Wildman–Crippen MR) is 41.2 cm³/mol. The lowest BCUT2D eigenvalue weighted by atomic mass is 10.3. The van der Waals surface area contributed by atoms with E-state index in [0.717, 1.165) is 16.8 Å². The maximum absolute atomic E-state index is 13.1. The van der Waals surface area contributed by atoms with Crippen molar-refractivity contribution in [2.45, 2.75) is 0 Å². The fraction of sp³-hybridized carbons (Fsp3) is 0. The van der Waals surface area contributed by atoms with Gasteiger partial charge in [0.2, 0.25) is 0 Å². The van der Waals surface area contributed by atoms with E-state index in [4.69, 9.17) is 0 Å². The van der Waals surface area contributed by atoms with Crippen molar-refractivity contribution in [1.29, 1.82) is 0 Å². The summed E-state index contributed by atoms with van der Waals surface area (Å²) < 4.78 is 39.4. The maximum Gasteiger partial charge on any atom is 0.196 e. The molecule has 1 aromatic heterocycles. The first-order chi connectivity index (χ1) is 6.70. The molecule has 14 heavy (non-hydrogen) atoms. The number of nitrogens with zero attached hydrogens (tertiary/aromatic N) is 3. The lowest BCUT2D eigenvalue weighted by Crippen LogP contribution is -2.02. The number of hydrogen-bond donors (Lipinski definition) is 0. The summed E-state index contributed by atoms with van der Waals surface area (Å²) in [6.45, 7) is 0. The molecule has 72 valence electrons. The number of benzene rings is 1. The zero-order chi connectivity index (χ0) is 10.1. The van der Waals surface area contributed by atoms with E-state index in [2.05, 4.69) is 10.3 Å². The highest BCUT2D eigenvalue weighted by molar-refractivity contribution is 5.33. The zero-order valence-corrected chi connectivity index (χ0v) is 6.78. The molecular weight excluding hydrogens is 195 g/mol. The average molecular weight is 199 g/mol. The average Bonchev–Trinajstić information content (AvgIpc) is 2.67. The van der Waals surface area contributed by atoms with E-state index in [1.165, 1.54) is 12.4 Å². The van der Waals surface area contributed by atoms with Gasteiger partial charge in [-0.2, -0.15) is 0 Å². The first kappa shape index (κ1) is 8.74. The van der Waals surface area contributed by atoms with Crippen LogP contribution in [0.2, 0.25) is 0 Å². The Hall–Kier alpha value is -1.85. The molecule has 0 N–H and O–H groups in total. The molecule has 2 aromatic rings. The Balaban J connectivity index is 2.61. The van der Waals surface area contributed by atoms with E-state index in [1.54, 1.807) is 0 Å². The summed E-state index contributed by atoms with van der Waals surface area (Å²) in [7, 11) is 0. The molecule has 0 amide bonds. The van der Waals surface area contributed by atoms with Gasteiger partial charge in [0.05, 0.1) is 12.4 Å². The second kappa shape index (κ2) is 3.13. The summed E-state index contributed by atoms with van der Waals surface area (Å²) in [4.78, 5) is 0. The van der Waals surface area contributed by atoms with Crippen molar-refractivity contribution >= 4 is 0 Å². The molecule has 0 saturated heterocycles. The van der Waals surface area contributed by atoms with Crippen LogP contribution in [0.5, 0.6) is 0 Å². The molecule has 0 radical (unpaired) electrons. The number of aromatic nitrogens is 3. The highest BCUT2D eigenvalue weighted by Gasteiger charge is 2.14. The molecule has 0 unspecified atom stereocenters. The van der Waals surface area contributed by atoms with Crippen LogP contribution in [-0.4, -0.2) is 15.0 Å². The molecule has 0 saturated carbocycles. The van der Waals surface area contributed by atoms with Crippen LogP contribution in [-0.2, 0) is 0 Å². The van der Waals surface area contributed by atoms with Gasteiger partial charge < -0.3 is 0 Å². The van der Waals surface area contributed by atoms with Gasteiger partial charge >= 0.3 is 0 Å². The monoisotopic (exact) mass is 199 g/mol. The molecule has 0 aliphatic rings. The first-order valence-electron chi connectivity index (χ1n) is 3.70. The molecule has 0 spiro atoms. The highest BCUT2D eigenvalue weighted by Crippen LogP contribution is 2.17. The second-order valence-corrected chi connectivity index (χ2v) is 2.54. The highest BCUT2D eigenvalue weighted by atomic mass is 19.2. The predicted octanol–water partition coefficient (Wildman–Crippen LogP) is 1.68. The van der Waals surface area contributed by atoms with Crippen LogP contribution in [0.4, 0.5) is 13.2 Å². The van der Waals surface area contributed by atoms with Crippen molar-refractivity contribution in [2.24, 2.45) is 0 Å². The van der Waals surface area contributed by atoms with E-state index >= 15 is 0 Å². The van der Waals surface area contributed by atoms with Crippen LogP contribution in [0.25, 0.3) is 5.69 Å². The van der Waals surface area contributed by atoms with Crippen LogP contribution < -0.4 is 0 Å². The van der Waals surface area contributed by atoms with Crippen molar-refractivity contribution in [3.05, 3.63) is 42.0 Å². The molecule has 1 aromatic carbocycles. The largest absolute Gasteiger partial charge is 0.218 e. The number of halogens is 3. The molecule has 3 nitrogen and oxygen atoms in total. The minimum absolute atomic E-state index is 0.179. The Kier molecular flexibility index (Phi) is 1.95. The van der Waals surface area contributed by atoms with Crippen LogP contribution >= 0.6 is 0 Å². The SMILES string of the molecule is Fc1ccc(-n2ccnn2)c(F)c1F. The van der Waals surface area contributed by atoms with Crippen molar-refractivity contribution in [1.82, 2.24) is 15.0 Å². The third-order valence-corrected chi connectivity index (χ3v) is 1.68. The van der Waals surface area contributed by atoms with Crippen LogP contribution in [0.3, 0.4) is 0 Å². The van der Waals surface area contributed by atoms with Gasteiger partial charge in [-0.25, -0.2) is 17.9 Å². The van der Waals surface area contributed by atoms with Gasteiger partial charge in [0, 0.05) is 0 Å². The molecule has 2 rings (SSSR count). The molecule has 0 bridgehead atoms. The standard InChI is InChI=1S/C8H4F3N3/c9-5-1-2-6(8(11)7(5)10)14-4-3-12-13-14/h1-4H. The smallest absolute Gasteiger partial charge is 0.196 e. The third kappa shape index (κ3) is 1.24. The third-order valence-electron chi connectivity index (χ3n) is 1.68. The van der Waals surface area contributed by atoms with E-state index in [0.29, 0.717) is 0 Å². The topological polar surface area (TPSA) is 30.7 Å². The van der Waals surface area contributed by atoms with Gasteiger partial charge in [-0.1, -0.05) is 5.21 Å². The first-order valence-corrected chi connectivity index (χ1v) is 3.70. The van der Waals surface area contributed by atoms with Crippen LogP contribution in [0.15, 0.2) is 24.5 Å². The van der Waals surface area contributed by atoms with Crippen molar-refractivity contribution in [3.63, 3.8) is 0 Å². The summed E-state index contributed by atoms with van der Waals surface area (Å²) in [5.41, 5.74) is -0.179. The fourth-order valence-corrected chi connectivity index (χ4v) is 1.03.